The van der Waals surface area contributed by atoms with Gasteiger partial charge in [0.15, 0.2) is 9.76 Å². The molecule has 1 aromatic rings. The minimum Gasteiger partial charge on any atom is -0.394 e. The standard InChI is InChI=1S/C11H18O2Si/c1-3-11(12-4-2)13-14-10-8-6-5-7-9-10/h5-9,11H,3-4,14H2,1-2H3. The SMILES string of the molecule is CCOC(CC)O[SiH2]c1ccccc1. The van der Waals surface area contributed by atoms with Crippen LogP contribution in [0.25, 0.3) is 0 Å². The maximum atomic E-state index is 5.73. The van der Waals surface area contributed by atoms with E-state index in [9.17, 15) is 0 Å². The third-order valence-electron chi connectivity index (χ3n) is 1.96. The minimum atomic E-state index is -0.615. The molecule has 1 atom stereocenters. The van der Waals surface area contributed by atoms with Gasteiger partial charge in [-0.1, -0.05) is 37.3 Å². The monoisotopic (exact) mass is 210 g/mol. The fraction of sp³-hybridized carbons (Fsp3) is 0.455. The van der Waals surface area contributed by atoms with Gasteiger partial charge in [0.05, 0.1) is 0 Å². The van der Waals surface area contributed by atoms with Gasteiger partial charge in [0, 0.05) is 6.61 Å². The van der Waals surface area contributed by atoms with Gasteiger partial charge >= 0.3 is 0 Å². The highest BCUT2D eigenvalue weighted by Gasteiger charge is 2.05. The molecule has 0 saturated heterocycles. The Kier molecular flexibility index (Phi) is 5.52. The molecule has 0 saturated carbocycles. The van der Waals surface area contributed by atoms with Crippen molar-refractivity contribution in [3.63, 3.8) is 0 Å². The number of ether oxygens (including phenoxy) is 1. The van der Waals surface area contributed by atoms with Crippen LogP contribution in [0.4, 0.5) is 0 Å². The van der Waals surface area contributed by atoms with Crippen molar-refractivity contribution in [1.82, 2.24) is 0 Å². The maximum absolute atomic E-state index is 5.73. The van der Waals surface area contributed by atoms with E-state index in [1.54, 1.807) is 0 Å². The number of hydrogen-bond donors (Lipinski definition) is 0. The molecule has 78 valence electrons. The summed E-state index contributed by atoms with van der Waals surface area (Å²) in [5, 5.41) is 1.32. The van der Waals surface area contributed by atoms with Crippen LogP contribution in [-0.4, -0.2) is 22.7 Å². The van der Waals surface area contributed by atoms with Crippen LogP contribution in [0.2, 0.25) is 0 Å². The lowest BCUT2D eigenvalue weighted by molar-refractivity contribution is -0.0748. The molecular formula is C11H18O2Si. The quantitative estimate of drug-likeness (QED) is 0.518. The van der Waals surface area contributed by atoms with Crippen LogP contribution >= 0.6 is 0 Å². The average Bonchev–Trinajstić information content (AvgIpc) is 2.25. The third kappa shape index (κ3) is 4.04. The Hall–Kier alpha value is -0.643. The van der Waals surface area contributed by atoms with Gasteiger partial charge in [-0.15, -0.1) is 0 Å². The van der Waals surface area contributed by atoms with Crippen molar-refractivity contribution < 1.29 is 9.16 Å². The van der Waals surface area contributed by atoms with Gasteiger partial charge in [0.1, 0.15) is 6.29 Å². The summed E-state index contributed by atoms with van der Waals surface area (Å²) < 4.78 is 11.2. The van der Waals surface area contributed by atoms with Crippen molar-refractivity contribution >= 4 is 14.9 Å². The van der Waals surface area contributed by atoms with Crippen molar-refractivity contribution in [3.8, 4) is 0 Å². The van der Waals surface area contributed by atoms with Crippen LogP contribution in [-0.2, 0) is 9.16 Å². The molecular weight excluding hydrogens is 192 g/mol. The van der Waals surface area contributed by atoms with Crippen LogP contribution in [0.5, 0.6) is 0 Å². The normalized spacial score (nSPS) is 13.6. The van der Waals surface area contributed by atoms with Crippen LogP contribution < -0.4 is 5.19 Å². The van der Waals surface area contributed by atoms with E-state index in [0.717, 1.165) is 13.0 Å². The molecule has 1 aromatic carbocycles. The van der Waals surface area contributed by atoms with E-state index in [4.69, 9.17) is 9.16 Å². The lowest BCUT2D eigenvalue weighted by atomic mass is 10.4. The Morgan fingerprint density at radius 1 is 1.21 bits per heavy atom. The first-order valence-corrected chi connectivity index (χ1v) is 6.42. The van der Waals surface area contributed by atoms with E-state index >= 15 is 0 Å². The fourth-order valence-electron chi connectivity index (χ4n) is 1.23. The highest BCUT2D eigenvalue weighted by molar-refractivity contribution is 6.46. The summed E-state index contributed by atoms with van der Waals surface area (Å²) in [6.07, 6.45) is 0.917. The average molecular weight is 210 g/mol. The predicted molar refractivity (Wildman–Crippen MR) is 61.4 cm³/mol. The largest absolute Gasteiger partial charge is 0.394 e. The Balaban J connectivity index is 2.32. The molecule has 2 nitrogen and oxygen atoms in total. The smallest absolute Gasteiger partial charge is 0.195 e. The van der Waals surface area contributed by atoms with Crippen molar-refractivity contribution in [2.45, 2.75) is 26.6 Å². The van der Waals surface area contributed by atoms with Crippen molar-refractivity contribution in [2.24, 2.45) is 0 Å². The maximum Gasteiger partial charge on any atom is 0.195 e. The lowest BCUT2D eigenvalue weighted by Gasteiger charge is -2.15. The predicted octanol–water partition coefficient (Wildman–Crippen LogP) is 1.18. The van der Waals surface area contributed by atoms with Gasteiger partial charge < -0.3 is 9.16 Å². The van der Waals surface area contributed by atoms with E-state index in [1.807, 2.05) is 25.1 Å². The zero-order chi connectivity index (χ0) is 10.2. The van der Waals surface area contributed by atoms with E-state index < -0.39 is 9.76 Å². The first kappa shape index (κ1) is 11.4. The van der Waals surface area contributed by atoms with Crippen LogP contribution in [0, 0.1) is 0 Å². The summed E-state index contributed by atoms with van der Waals surface area (Å²) in [5.41, 5.74) is 0. The molecule has 0 aromatic heterocycles. The molecule has 0 aliphatic carbocycles. The Morgan fingerprint density at radius 2 is 1.93 bits per heavy atom. The Labute approximate surface area is 88.2 Å². The minimum absolute atomic E-state index is 0.00753. The fourth-order valence-corrected chi connectivity index (χ4v) is 2.41. The zero-order valence-electron chi connectivity index (χ0n) is 8.90. The number of benzene rings is 1. The topological polar surface area (TPSA) is 18.5 Å². The second-order valence-electron chi connectivity index (χ2n) is 3.09. The molecule has 0 N–H and O–H groups in total. The first-order chi connectivity index (χ1) is 6.86. The van der Waals surface area contributed by atoms with E-state index in [2.05, 4.69) is 19.1 Å². The molecule has 3 heteroatoms. The number of rotatable bonds is 6. The second-order valence-corrected chi connectivity index (χ2v) is 4.53. The molecule has 1 unspecified atom stereocenters. The molecule has 0 fully saturated rings. The number of hydrogen-bond acceptors (Lipinski definition) is 2. The van der Waals surface area contributed by atoms with E-state index in [1.165, 1.54) is 5.19 Å². The second kappa shape index (κ2) is 6.76. The molecule has 1 rings (SSSR count). The highest BCUT2D eigenvalue weighted by atomic mass is 28.2. The third-order valence-corrected chi connectivity index (χ3v) is 3.31. The summed E-state index contributed by atoms with van der Waals surface area (Å²) >= 11 is 0. The molecule has 0 aliphatic heterocycles. The molecule has 0 spiro atoms. The Bertz CT molecular complexity index is 238. The van der Waals surface area contributed by atoms with Crippen LogP contribution in [0.3, 0.4) is 0 Å². The molecule has 0 radical (unpaired) electrons. The zero-order valence-corrected chi connectivity index (χ0v) is 10.3. The first-order valence-electron chi connectivity index (χ1n) is 5.14. The molecule has 0 heterocycles. The van der Waals surface area contributed by atoms with Gasteiger partial charge in [0.2, 0.25) is 0 Å². The van der Waals surface area contributed by atoms with Gasteiger partial charge in [0.25, 0.3) is 0 Å². The van der Waals surface area contributed by atoms with Crippen LogP contribution in [0.15, 0.2) is 30.3 Å². The molecule has 14 heavy (non-hydrogen) atoms. The highest BCUT2D eigenvalue weighted by Crippen LogP contribution is 1.98. The van der Waals surface area contributed by atoms with Crippen molar-refractivity contribution in [1.29, 1.82) is 0 Å². The summed E-state index contributed by atoms with van der Waals surface area (Å²) in [5.74, 6) is 0. The lowest BCUT2D eigenvalue weighted by Crippen LogP contribution is -2.25. The summed E-state index contributed by atoms with van der Waals surface area (Å²) in [4.78, 5) is 0. The molecule has 0 aliphatic rings. The van der Waals surface area contributed by atoms with Gasteiger partial charge in [-0.25, -0.2) is 0 Å². The van der Waals surface area contributed by atoms with Gasteiger partial charge in [-0.2, -0.15) is 0 Å². The van der Waals surface area contributed by atoms with Gasteiger partial charge in [-0.05, 0) is 18.5 Å². The summed E-state index contributed by atoms with van der Waals surface area (Å²) in [6, 6.07) is 10.4. The van der Waals surface area contributed by atoms with Crippen molar-refractivity contribution in [2.75, 3.05) is 6.61 Å². The Morgan fingerprint density at radius 3 is 2.50 bits per heavy atom. The van der Waals surface area contributed by atoms with E-state index in [0.29, 0.717) is 0 Å². The molecule has 0 bridgehead atoms. The summed E-state index contributed by atoms with van der Waals surface area (Å²) in [7, 11) is -0.615. The van der Waals surface area contributed by atoms with Crippen molar-refractivity contribution in [3.05, 3.63) is 30.3 Å². The van der Waals surface area contributed by atoms with Gasteiger partial charge in [-0.3, -0.25) is 0 Å². The van der Waals surface area contributed by atoms with Crippen LogP contribution in [0.1, 0.15) is 20.3 Å². The summed E-state index contributed by atoms with van der Waals surface area (Å²) in [6.45, 7) is 4.80. The molecule has 0 amide bonds. The van der Waals surface area contributed by atoms with E-state index in [-0.39, 0.29) is 6.29 Å².